The molecule has 104 valence electrons. The molecule has 0 aliphatic heterocycles. The number of aliphatic hydroxyl groups is 2. The number of aliphatic hydroxyl groups excluding tert-OH is 2. The number of hydrogen-bond donors (Lipinski definition) is 2. The highest BCUT2D eigenvalue weighted by Gasteiger charge is 2.58. The topological polar surface area (TPSA) is 173 Å². The first kappa shape index (κ1) is 15.9. The van der Waals surface area contributed by atoms with Gasteiger partial charge in [0.1, 0.15) is 22.8 Å². The minimum atomic E-state index is -2.88. The molecule has 12 heteroatoms. The molecule has 0 aromatic rings. The second-order valence-corrected chi connectivity index (χ2v) is 3.32. The number of nitro groups is 3. The maximum Gasteiger partial charge on any atom is 0.483 e. The van der Waals surface area contributed by atoms with Crippen LogP contribution in [0.15, 0.2) is 0 Å². The van der Waals surface area contributed by atoms with Crippen molar-refractivity contribution in [1.82, 2.24) is 5.01 Å². The number of hydrogen-bond acceptors (Lipinski definition) is 8. The fourth-order valence-electron chi connectivity index (χ4n) is 1.25. The van der Waals surface area contributed by atoms with Crippen molar-refractivity contribution < 1.29 is 25.1 Å². The van der Waals surface area contributed by atoms with E-state index in [0.717, 1.165) is 0 Å². The van der Waals surface area contributed by atoms with Gasteiger partial charge in [-0.15, -0.1) is 5.01 Å². The van der Waals surface area contributed by atoms with Gasteiger partial charge < -0.3 is 10.2 Å². The molecule has 0 atom stereocenters. The van der Waals surface area contributed by atoms with Crippen LogP contribution in [0.5, 0.6) is 0 Å². The van der Waals surface area contributed by atoms with Crippen LogP contribution in [0.25, 0.3) is 0 Å². The monoisotopic (exact) mass is 268 g/mol. The molecular weight excluding hydrogens is 256 g/mol. The molecule has 0 rings (SSSR count). The molecular formula is C6H12N4O8. The van der Waals surface area contributed by atoms with Crippen LogP contribution in [0.2, 0.25) is 0 Å². The molecule has 0 radical (unpaired) electrons. The summed E-state index contributed by atoms with van der Waals surface area (Å²) < 4.78 is 0. The van der Waals surface area contributed by atoms with E-state index in [1.165, 1.54) is 0 Å². The highest BCUT2D eigenvalue weighted by atomic mass is 16.7. The normalized spacial score (nSPS) is 11.0. The van der Waals surface area contributed by atoms with E-state index in [0.29, 0.717) is 0 Å². The Kier molecular flexibility index (Phi) is 5.84. The molecule has 0 saturated carbocycles. The molecule has 12 nitrogen and oxygen atoms in total. The van der Waals surface area contributed by atoms with E-state index in [1.54, 1.807) is 0 Å². The SMILES string of the molecule is O=[N+]([O-])N(CCO)CC(CCO)([N+](=O)[O-])[N+](=O)[O-]. The first-order chi connectivity index (χ1) is 8.31. The zero-order valence-electron chi connectivity index (χ0n) is 9.17. The Hall–Kier alpha value is -2.08. The lowest BCUT2D eigenvalue weighted by Gasteiger charge is -2.20. The van der Waals surface area contributed by atoms with Gasteiger partial charge in [-0.05, 0) is 0 Å². The number of nitrogens with zero attached hydrogens (tertiary/aromatic N) is 4. The van der Waals surface area contributed by atoms with Gasteiger partial charge in [-0.25, -0.2) is 10.1 Å². The van der Waals surface area contributed by atoms with Gasteiger partial charge in [0.25, 0.3) is 0 Å². The summed E-state index contributed by atoms with van der Waals surface area (Å²) in [6.07, 6.45) is -0.872. The van der Waals surface area contributed by atoms with Crippen molar-refractivity contribution in [2.45, 2.75) is 12.1 Å². The first-order valence-corrected chi connectivity index (χ1v) is 4.71. The van der Waals surface area contributed by atoms with Gasteiger partial charge in [-0.2, -0.15) is 0 Å². The molecule has 0 fully saturated rings. The highest BCUT2D eigenvalue weighted by Crippen LogP contribution is 2.18. The van der Waals surface area contributed by atoms with Gasteiger partial charge in [-0.3, -0.25) is 20.2 Å². The van der Waals surface area contributed by atoms with Crippen molar-refractivity contribution in [3.05, 3.63) is 30.3 Å². The van der Waals surface area contributed by atoms with E-state index in [1.807, 2.05) is 0 Å². The van der Waals surface area contributed by atoms with E-state index in [-0.39, 0.29) is 5.01 Å². The Bertz CT molecular complexity index is 320. The maximum absolute atomic E-state index is 10.8. The highest BCUT2D eigenvalue weighted by molar-refractivity contribution is 4.70. The zero-order chi connectivity index (χ0) is 14.3. The Morgan fingerprint density at radius 2 is 1.50 bits per heavy atom. The Balaban J connectivity index is 5.24. The predicted octanol–water partition coefficient (Wildman–Crippen LogP) is -1.90. The summed E-state index contributed by atoms with van der Waals surface area (Å²) in [5, 5.41) is 48.3. The van der Waals surface area contributed by atoms with Gasteiger partial charge in [0, 0.05) is 0 Å². The third kappa shape index (κ3) is 3.46. The summed E-state index contributed by atoms with van der Waals surface area (Å²) >= 11 is 0. The van der Waals surface area contributed by atoms with Crippen LogP contribution in [0.3, 0.4) is 0 Å². The Morgan fingerprint density at radius 3 is 1.78 bits per heavy atom. The molecule has 0 aliphatic rings. The van der Waals surface area contributed by atoms with Gasteiger partial charge in [-0.1, -0.05) is 0 Å². The van der Waals surface area contributed by atoms with Gasteiger partial charge >= 0.3 is 5.66 Å². The molecule has 18 heavy (non-hydrogen) atoms. The van der Waals surface area contributed by atoms with Crippen LogP contribution in [-0.4, -0.2) is 62.1 Å². The minimum absolute atomic E-state index is 0.168. The van der Waals surface area contributed by atoms with Crippen LogP contribution in [0.4, 0.5) is 0 Å². The van der Waals surface area contributed by atoms with Crippen molar-refractivity contribution in [1.29, 1.82) is 0 Å². The van der Waals surface area contributed by atoms with Gasteiger partial charge in [0.2, 0.25) is 6.54 Å². The molecule has 0 aromatic carbocycles. The molecule has 2 N–H and O–H groups in total. The fraction of sp³-hybridized carbons (Fsp3) is 1.00. The summed E-state index contributed by atoms with van der Waals surface area (Å²) in [6, 6.07) is 0. The molecule has 0 unspecified atom stereocenters. The van der Waals surface area contributed by atoms with Crippen LogP contribution in [0.1, 0.15) is 6.42 Å². The Labute approximate surface area is 99.8 Å². The van der Waals surface area contributed by atoms with Crippen molar-refractivity contribution in [3.8, 4) is 0 Å². The lowest BCUT2D eigenvalue weighted by atomic mass is 10.1. The second-order valence-electron chi connectivity index (χ2n) is 3.32. The second kappa shape index (κ2) is 6.61. The summed E-state index contributed by atoms with van der Waals surface area (Å²) in [6.45, 7) is -3.30. The molecule has 0 spiro atoms. The van der Waals surface area contributed by atoms with E-state index in [2.05, 4.69) is 0 Å². The lowest BCUT2D eigenvalue weighted by Crippen LogP contribution is -2.56. The van der Waals surface area contributed by atoms with E-state index in [4.69, 9.17) is 10.2 Å². The predicted molar refractivity (Wildman–Crippen MR) is 54.1 cm³/mol. The van der Waals surface area contributed by atoms with Crippen LogP contribution < -0.4 is 0 Å². The van der Waals surface area contributed by atoms with Crippen LogP contribution in [0, 0.1) is 30.3 Å². The lowest BCUT2D eigenvalue weighted by molar-refractivity contribution is -0.810. The average Bonchev–Trinajstić information content (AvgIpc) is 2.26. The average molecular weight is 268 g/mol. The summed E-state index contributed by atoms with van der Waals surface area (Å²) in [4.78, 5) is 29.5. The third-order valence-corrected chi connectivity index (χ3v) is 2.22. The van der Waals surface area contributed by atoms with E-state index < -0.39 is 53.3 Å². The summed E-state index contributed by atoms with van der Waals surface area (Å²) in [7, 11) is 0. The smallest absolute Gasteiger partial charge is 0.396 e. The van der Waals surface area contributed by atoms with Crippen molar-refractivity contribution in [2.24, 2.45) is 0 Å². The molecule has 0 amide bonds. The summed E-state index contributed by atoms with van der Waals surface area (Å²) in [5.41, 5.74) is -2.88. The van der Waals surface area contributed by atoms with Crippen LogP contribution in [-0.2, 0) is 0 Å². The van der Waals surface area contributed by atoms with E-state index in [9.17, 15) is 30.3 Å². The fourth-order valence-corrected chi connectivity index (χ4v) is 1.25. The largest absolute Gasteiger partial charge is 0.483 e. The van der Waals surface area contributed by atoms with E-state index >= 15 is 0 Å². The molecule has 0 heterocycles. The molecule has 0 aromatic heterocycles. The quantitative estimate of drug-likeness (QED) is 0.275. The summed E-state index contributed by atoms with van der Waals surface area (Å²) in [5.74, 6) is 0. The standard InChI is InChI=1S/C6H12N4O8/c11-3-1-6(8(13)14,9(15)16)5-7(2-4-12)10(17)18/h11-12H,1-5H2. The Morgan fingerprint density at radius 1 is 1.00 bits per heavy atom. The number of hydrazine groups is 1. The van der Waals surface area contributed by atoms with Crippen LogP contribution >= 0.6 is 0 Å². The third-order valence-electron chi connectivity index (χ3n) is 2.22. The van der Waals surface area contributed by atoms with Crippen molar-refractivity contribution in [2.75, 3.05) is 26.3 Å². The van der Waals surface area contributed by atoms with Gasteiger partial charge in [0.15, 0.2) is 5.03 Å². The minimum Gasteiger partial charge on any atom is -0.396 e. The molecule has 0 bridgehead atoms. The van der Waals surface area contributed by atoms with Crippen molar-refractivity contribution in [3.63, 3.8) is 0 Å². The maximum atomic E-state index is 10.8. The molecule has 0 aliphatic carbocycles. The first-order valence-electron chi connectivity index (χ1n) is 4.71. The van der Waals surface area contributed by atoms with Gasteiger partial charge in [0.05, 0.1) is 13.2 Å². The zero-order valence-corrected chi connectivity index (χ0v) is 9.17. The molecule has 0 saturated heterocycles. The van der Waals surface area contributed by atoms with Crippen molar-refractivity contribution >= 4 is 0 Å². The number of rotatable bonds is 9.